The lowest BCUT2D eigenvalue weighted by atomic mass is 9.43. The minimum absolute atomic E-state index is 0.0267. The first kappa shape index (κ1) is 29.0. The lowest BCUT2D eigenvalue weighted by Crippen LogP contribution is -2.64. The van der Waals surface area contributed by atoms with Crippen molar-refractivity contribution in [3.63, 3.8) is 0 Å². The molecule has 1 aromatic carbocycles. The number of carbonyl (C=O) groups excluding carboxylic acids is 1. The quantitative estimate of drug-likeness (QED) is 0.302. The number of aliphatic hydroxyl groups is 2. The molecule has 8 nitrogen and oxygen atoms in total. The second-order valence-electron chi connectivity index (χ2n) is 13.7. The zero-order valence-corrected chi connectivity index (χ0v) is 24.4. The average molecular weight is 569 g/mol. The Morgan fingerprint density at radius 2 is 1.83 bits per heavy atom. The second-order valence-corrected chi connectivity index (χ2v) is 13.7. The highest BCUT2D eigenvalue weighted by Gasteiger charge is 2.84. The molecule has 0 radical (unpaired) electrons. The van der Waals surface area contributed by atoms with Crippen LogP contribution in [0.3, 0.4) is 0 Å². The molecule has 224 valence electrons. The summed E-state index contributed by atoms with van der Waals surface area (Å²) in [5, 5.41) is 33.3. The Bertz CT molecular complexity index is 1200. The number of benzene rings is 1. The van der Waals surface area contributed by atoms with Crippen molar-refractivity contribution in [2.75, 3.05) is 6.61 Å². The van der Waals surface area contributed by atoms with Crippen LogP contribution < -0.4 is 0 Å². The predicted molar refractivity (Wildman–Crippen MR) is 149 cm³/mol. The zero-order chi connectivity index (χ0) is 29.3. The molecule has 1 saturated heterocycles. The second kappa shape index (κ2) is 10.3. The number of aliphatic hydroxyl groups excluding tert-OH is 2. The molecule has 6 rings (SSSR count). The first-order chi connectivity index (χ1) is 19.5. The number of aliphatic carboxylic acids is 1. The SMILES string of the molecule is CC(C)C1=CC2CC3(C=O)C4CCC(C)C4CC2(CO[C@@H]2O[C@H](C)[C@@H](OCc4ccccc4)[C@@H](O)[C@@H]2O)C13C(=O)O. The molecular weight excluding hydrogens is 524 g/mol. The van der Waals surface area contributed by atoms with Gasteiger partial charge in [-0.05, 0) is 61.3 Å². The Morgan fingerprint density at radius 1 is 1.10 bits per heavy atom. The summed E-state index contributed by atoms with van der Waals surface area (Å²) in [6.07, 6.45) is 1.03. The maximum atomic E-state index is 13.6. The number of hydrogen-bond donors (Lipinski definition) is 3. The summed E-state index contributed by atoms with van der Waals surface area (Å²) < 4.78 is 18.4. The van der Waals surface area contributed by atoms with Crippen LogP contribution >= 0.6 is 0 Å². The summed E-state index contributed by atoms with van der Waals surface area (Å²) in [7, 11) is 0. The Hall–Kier alpha value is -2.10. The van der Waals surface area contributed by atoms with Crippen LogP contribution in [-0.2, 0) is 30.4 Å². The topological polar surface area (TPSA) is 123 Å². The van der Waals surface area contributed by atoms with Crippen molar-refractivity contribution in [1.29, 1.82) is 0 Å². The van der Waals surface area contributed by atoms with E-state index in [1.165, 1.54) is 0 Å². The van der Waals surface area contributed by atoms with E-state index in [0.29, 0.717) is 18.8 Å². The molecule has 4 fully saturated rings. The highest BCUT2D eigenvalue weighted by Crippen LogP contribution is 2.82. The van der Waals surface area contributed by atoms with Crippen molar-refractivity contribution in [2.45, 2.75) is 90.7 Å². The van der Waals surface area contributed by atoms with Gasteiger partial charge in [0.2, 0.25) is 0 Å². The van der Waals surface area contributed by atoms with Crippen molar-refractivity contribution < 1.29 is 39.1 Å². The molecule has 3 saturated carbocycles. The lowest BCUT2D eigenvalue weighted by Gasteiger charge is -2.58. The van der Waals surface area contributed by atoms with Gasteiger partial charge in [-0.2, -0.15) is 0 Å². The number of ether oxygens (including phenoxy) is 3. The normalized spacial score (nSPS) is 46.4. The summed E-state index contributed by atoms with van der Waals surface area (Å²) in [5.74, 6) is -0.439. The van der Waals surface area contributed by atoms with Gasteiger partial charge < -0.3 is 34.3 Å². The van der Waals surface area contributed by atoms with Crippen LogP contribution in [0, 0.1) is 45.8 Å². The van der Waals surface area contributed by atoms with Crippen LogP contribution in [0.2, 0.25) is 0 Å². The fraction of sp³-hybridized carbons (Fsp3) is 0.697. The number of allylic oxidation sites excluding steroid dienone is 1. The number of rotatable bonds is 9. The zero-order valence-electron chi connectivity index (χ0n) is 24.4. The molecule has 1 heterocycles. The van der Waals surface area contributed by atoms with E-state index in [9.17, 15) is 24.9 Å². The van der Waals surface area contributed by atoms with Gasteiger partial charge >= 0.3 is 5.97 Å². The number of hydrogen-bond acceptors (Lipinski definition) is 7. The predicted octanol–water partition coefficient (Wildman–Crippen LogP) is 3.98. The molecule has 3 N–H and O–H groups in total. The van der Waals surface area contributed by atoms with E-state index in [1.807, 2.05) is 44.2 Å². The van der Waals surface area contributed by atoms with Gasteiger partial charge in [0.15, 0.2) is 6.29 Å². The van der Waals surface area contributed by atoms with E-state index in [0.717, 1.165) is 30.3 Å². The largest absolute Gasteiger partial charge is 0.481 e. The summed E-state index contributed by atoms with van der Waals surface area (Å²) in [6.45, 7) is 8.30. The summed E-state index contributed by atoms with van der Waals surface area (Å²) >= 11 is 0. The molecule has 4 aliphatic carbocycles. The maximum Gasteiger partial charge on any atom is 0.315 e. The third-order valence-electron chi connectivity index (χ3n) is 11.7. The molecule has 1 aromatic rings. The Labute approximate surface area is 242 Å². The number of carboxylic acids is 1. The van der Waals surface area contributed by atoms with E-state index in [4.69, 9.17) is 14.2 Å². The number of carboxylic acid groups (broad SMARTS) is 1. The molecule has 8 heteroatoms. The van der Waals surface area contributed by atoms with Gasteiger partial charge in [-0.25, -0.2) is 0 Å². The molecule has 5 aliphatic rings. The minimum Gasteiger partial charge on any atom is -0.481 e. The van der Waals surface area contributed by atoms with Crippen molar-refractivity contribution in [1.82, 2.24) is 0 Å². The molecule has 0 spiro atoms. The van der Waals surface area contributed by atoms with Crippen molar-refractivity contribution in [3.8, 4) is 0 Å². The van der Waals surface area contributed by atoms with Crippen molar-refractivity contribution in [3.05, 3.63) is 47.5 Å². The fourth-order valence-corrected chi connectivity index (χ4v) is 10.0. The fourth-order valence-electron chi connectivity index (χ4n) is 10.0. The first-order valence-corrected chi connectivity index (χ1v) is 15.2. The number of aldehydes is 1. The van der Waals surface area contributed by atoms with Crippen LogP contribution in [0.25, 0.3) is 0 Å². The standard InChI is InChI=1S/C33H44O8/c1-18(2)25-12-22-13-31(16-34)24-11-10-19(3)23(24)14-32(22,33(25,31)30(37)38)17-40-29-27(36)26(35)28(20(4)41-29)39-15-21-8-6-5-7-9-21/h5-9,12,16,18-20,22-24,26-29,35-36H,10-11,13-15,17H2,1-4H3,(H,37,38)/t19?,20-,22?,23?,24?,26+,27+,28-,29-,31?,32?,33?/m1/s1. The molecule has 0 aromatic heterocycles. The van der Waals surface area contributed by atoms with Gasteiger partial charge in [-0.15, -0.1) is 0 Å². The van der Waals surface area contributed by atoms with Gasteiger partial charge in [0.05, 0.1) is 24.7 Å². The van der Waals surface area contributed by atoms with Crippen LogP contribution in [0.1, 0.15) is 58.9 Å². The average Bonchev–Trinajstić information content (AvgIpc) is 3.52. The number of carbonyl (C=O) groups is 2. The molecule has 12 atom stereocenters. The molecule has 41 heavy (non-hydrogen) atoms. The van der Waals surface area contributed by atoms with Crippen LogP contribution in [0.5, 0.6) is 0 Å². The molecule has 4 bridgehead atoms. The third kappa shape index (κ3) is 3.83. The molecule has 7 unspecified atom stereocenters. The molecule has 0 amide bonds. The highest BCUT2D eigenvalue weighted by molar-refractivity contribution is 5.90. The van der Waals surface area contributed by atoms with Crippen LogP contribution in [0.15, 0.2) is 42.0 Å². The maximum absolute atomic E-state index is 13.6. The van der Waals surface area contributed by atoms with E-state index in [2.05, 4.69) is 13.0 Å². The first-order valence-electron chi connectivity index (χ1n) is 15.2. The van der Waals surface area contributed by atoms with Gasteiger partial charge in [-0.3, -0.25) is 4.79 Å². The highest BCUT2D eigenvalue weighted by atomic mass is 16.7. The van der Waals surface area contributed by atoms with Crippen LogP contribution in [-0.4, -0.2) is 64.9 Å². The Balaban J connectivity index is 1.28. The third-order valence-corrected chi connectivity index (χ3v) is 11.7. The van der Waals surface area contributed by atoms with E-state index in [1.54, 1.807) is 6.92 Å². The monoisotopic (exact) mass is 568 g/mol. The Morgan fingerprint density at radius 3 is 2.49 bits per heavy atom. The molecule has 1 aliphatic heterocycles. The van der Waals surface area contributed by atoms with E-state index in [-0.39, 0.29) is 36.9 Å². The summed E-state index contributed by atoms with van der Waals surface area (Å²) in [5.41, 5.74) is -1.40. The van der Waals surface area contributed by atoms with Crippen molar-refractivity contribution >= 4 is 12.3 Å². The van der Waals surface area contributed by atoms with Gasteiger partial charge in [0, 0.05) is 5.41 Å². The smallest absolute Gasteiger partial charge is 0.315 e. The number of fused-ring (bicyclic) bond motifs is 2. The lowest BCUT2D eigenvalue weighted by molar-refractivity contribution is -0.310. The van der Waals surface area contributed by atoms with Gasteiger partial charge in [0.1, 0.15) is 30.0 Å². The Kier molecular flexibility index (Phi) is 7.26. The van der Waals surface area contributed by atoms with Crippen LogP contribution in [0.4, 0.5) is 0 Å². The minimum atomic E-state index is -1.38. The van der Waals surface area contributed by atoms with Gasteiger partial charge in [0.25, 0.3) is 0 Å². The van der Waals surface area contributed by atoms with E-state index >= 15 is 0 Å². The summed E-state index contributed by atoms with van der Waals surface area (Å²) in [6, 6.07) is 9.59. The molecular formula is C33H44O8. The van der Waals surface area contributed by atoms with Crippen molar-refractivity contribution in [2.24, 2.45) is 45.8 Å². The summed E-state index contributed by atoms with van der Waals surface area (Å²) in [4.78, 5) is 26.8. The van der Waals surface area contributed by atoms with Gasteiger partial charge in [-0.1, -0.05) is 69.2 Å². The van der Waals surface area contributed by atoms with E-state index < -0.39 is 52.9 Å².